The molecule has 1 aromatic rings. The molecule has 1 aliphatic rings. The van der Waals surface area contributed by atoms with Crippen LogP contribution in [-0.2, 0) is 4.74 Å². The van der Waals surface area contributed by atoms with E-state index in [2.05, 4.69) is 17.2 Å². The Kier molecular flexibility index (Phi) is 4.97. The summed E-state index contributed by atoms with van der Waals surface area (Å²) in [5.41, 5.74) is 0.975. The molecule has 0 atom stereocenters. The Labute approximate surface area is 116 Å². The average molecular weight is 279 g/mol. The van der Waals surface area contributed by atoms with Gasteiger partial charge in [0.05, 0.1) is 9.75 Å². The van der Waals surface area contributed by atoms with Gasteiger partial charge >= 0.3 is 0 Å². The van der Waals surface area contributed by atoms with Gasteiger partial charge in [0, 0.05) is 19.3 Å². The van der Waals surface area contributed by atoms with Gasteiger partial charge in [-0.3, -0.25) is 4.79 Å². The van der Waals surface area contributed by atoms with Crippen molar-refractivity contribution in [3.05, 3.63) is 21.4 Å². The number of thiophene rings is 1. The first-order valence-electron chi connectivity index (χ1n) is 6.29. The summed E-state index contributed by atoms with van der Waals surface area (Å²) >= 11 is 1.37. The van der Waals surface area contributed by atoms with Crippen molar-refractivity contribution >= 4 is 17.2 Å². The van der Waals surface area contributed by atoms with E-state index in [0.29, 0.717) is 18.1 Å². The Morgan fingerprint density at radius 3 is 3.00 bits per heavy atom. The third-order valence-corrected chi connectivity index (χ3v) is 4.13. The quantitative estimate of drug-likeness (QED) is 0.803. The smallest absolute Gasteiger partial charge is 0.261 e. The summed E-state index contributed by atoms with van der Waals surface area (Å²) in [7, 11) is 0. The first kappa shape index (κ1) is 14.1. The molecular weight excluding hydrogens is 262 g/mol. The fraction of sp³-hybridized carbons (Fsp3) is 0.500. The maximum atomic E-state index is 12.1. The maximum absolute atomic E-state index is 12.1. The van der Waals surface area contributed by atoms with Crippen LogP contribution in [0.1, 0.15) is 33.0 Å². The van der Waals surface area contributed by atoms with Crippen LogP contribution in [0.3, 0.4) is 0 Å². The second-order valence-corrected chi connectivity index (χ2v) is 5.49. The Balaban J connectivity index is 2.02. The van der Waals surface area contributed by atoms with Gasteiger partial charge in [-0.25, -0.2) is 0 Å². The predicted octanol–water partition coefficient (Wildman–Crippen LogP) is 1.31. The molecule has 102 valence electrons. The van der Waals surface area contributed by atoms with Crippen LogP contribution in [0.5, 0.6) is 0 Å². The highest BCUT2D eigenvalue weighted by Crippen LogP contribution is 2.21. The Morgan fingerprint density at radius 1 is 1.58 bits per heavy atom. The molecule has 2 heterocycles. The van der Waals surface area contributed by atoms with Gasteiger partial charge in [0.1, 0.15) is 6.61 Å². The topological polar surface area (TPSA) is 58.6 Å². The summed E-state index contributed by atoms with van der Waals surface area (Å²) in [5.74, 6) is 5.42. The molecule has 1 amide bonds. The number of rotatable bonds is 2. The second-order valence-electron chi connectivity index (χ2n) is 4.44. The number of hydrogen-bond donors (Lipinski definition) is 2. The van der Waals surface area contributed by atoms with Crippen molar-refractivity contribution in [1.29, 1.82) is 0 Å². The van der Waals surface area contributed by atoms with Gasteiger partial charge in [0.25, 0.3) is 5.91 Å². The first-order valence-corrected chi connectivity index (χ1v) is 7.11. The zero-order chi connectivity index (χ0) is 13.7. The summed E-state index contributed by atoms with van der Waals surface area (Å²) in [6.45, 7) is 3.17. The van der Waals surface area contributed by atoms with Crippen molar-refractivity contribution in [1.82, 2.24) is 5.32 Å². The summed E-state index contributed by atoms with van der Waals surface area (Å²) < 4.78 is 5.26. The molecule has 1 aliphatic heterocycles. The van der Waals surface area contributed by atoms with Crippen LogP contribution in [-0.4, -0.2) is 36.9 Å². The van der Waals surface area contributed by atoms with Crippen molar-refractivity contribution in [3.8, 4) is 11.8 Å². The van der Waals surface area contributed by atoms with Gasteiger partial charge in [-0.2, -0.15) is 0 Å². The lowest BCUT2D eigenvalue weighted by Crippen LogP contribution is -2.38. The number of carbonyl (C=O) groups is 1. The molecule has 0 spiro atoms. The van der Waals surface area contributed by atoms with Gasteiger partial charge in [0.15, 0.2) is 0 Å². The minimum atomic E-state index is -0.166. The summed E-state index contributed by atoms with van der Waals surface area (Å²) in [5, 5.41) is 11.7. The molecule has 19 heavy (non-hydrogen) atoms. The van der Waals surface area contributed by atoms with Gasteiger partial charge in [-0.05, 0) is 31.4 Å². The van der Waals surface area contributed by atoms with Crippen molar-refractivity contribution in [2.75, 3.05) is 19.8 Å². The number of aryl methyl sites for hydroxylation is 1. The summed E-state index contributed by atoms with van der Waals surface area (Å²) in [6.07, 6.45) is 1.74. The van der Waals surface area contributed by atoms with Crippen LogP contribution >= 0.6 is 11.3 Å². The lowest BCUT2D eigenvalue weighted by Gasteiger charge is -2.22. The molecule has 1 aromatic heterocycles. The number of amides is 1. The first-order chi connectivity index (χ1) is 9.20. The third kappa shape index (κ3) is 3.80. The highest BCUT2D eigenvalue weighted by molar-refractivity contribution is 7.14. The predicted molar refractivity (Wildman–Crippen MR) is 74.3 cm³/mol. The standard InChI is InChI=1S/C14H17NO3S/c1-10-9-13(19-12(10)3-2-6-16)14(17)15-11-4-7-18-8-5-11/h9,11,16H,4-8H2,1H3,(H,15,17). The van der Waals surface area contributed by atoms with Crippen molar-refractivity contribution in [2.45, 2.75) is 25.8 Å². The molecule has 0 aliphatic carbocycles. The minimum absolute atomic E-state index is 0.0444. The number of aliphatic hydroxyl groups is 1. The van der Waals surface area contributed by atoms with E-state index in [1.54, 1.807) is 0 Å². The van der Waals surface area contributed by atoms with Crippen molar-refractivity contribution in [3.63, 3.8) is 0 Å². The van der Waals surface area contributed by atoms with Crippen LogP contribution in [0, 0.1) is 18.8 Å². The average Bonchev–Trinajstić information content (AvgIpc) is 2.79. The summed E-state index contributed by atoms with van der Waals surface area (Å²) in [4.78, 5) is 13.6. The maximum Gasteiger partial charge on any atom is 0.261 e. The van der Waals surface area contributed by atoms with Crippen molar-refractivity contribution in [2.24, 2.45) is 0 Å². The van der Waals surface area contributed by atoms with Crippen LogP contribution in [0.25, 0.3) is 0 Å². The molecule has 0 unspecified atom stereocenters. The SMILES string of the molecule is Cc1cc(C(=O)NC2CCOCC2)sc1C#CCO. The Bertz CT molecular complexity index is 506. The van der Waals surface area contributed by atoms with Crippen molar-refractivity contribution < 1.29 is 14.6 Å². The van der Waals surface area contributed by atoms with Gasteiger partial charge in [0.2, 0.25) is 0 Å². The molecule has 5 heteroatoms. The van der Waals surface area contributed by atoms with E-state index in [9.17, 15) is 4.79 Å². The largest absolute Gasteiger partial charge is 0.384 e. The highest BCUT2D eigenvalue weighted by atomic mass is 32.1. The lowest BCUT2D eigenvalue weighted by atomic mass is 10.1. The molecule has 1 fully saturated rings. The van der Waals surface area contributed by atoms with E-state index in [1.165, 1.54) is 11.3 Å². The van der Waals surface area contributed by atoms with Crippen LogP contribution in [0.2, 0.25) is 0 Å². The van der Waals surface area contributed by atoms with E-state index in [1.807, 2.05) is 13.0 Å². The second kappa shape index (κ2) is 6.71. The molecule has 2 rings (SSSR count). The molecule has 0 aromatic carbocycles. The van der Waals surface area contributed by atoms with Gasteiger partial charge in [-0.1, -0.05) is 11.8 Å². The van der Waals surface area contributed by atoms with Crippen LogP contribution in [0.4, 0.5) is 0 Å². The van der Waals surface area contributed by atoms with E-state index in [4.69, 9.17) is 9.84 Å². The molecule has 4 nitrogen and oxygen atoms in total. The van der Waals surface area contributed by atoms with Gasteiger partial charge < -0.3 is 15.2 Å². The molecule has 0 saturated carbocycles. The molecule has 1 saturated heterocycles. The molecule has 2 N–H and O–H groups in total. The van der Waals surface area contributed by atoms with Crippen LogP contribution < -0.4 is 5.32 Å². The number of nitrogens with one attached hydrogen (secondary N) is 1. The monoisotopic (exact) mass is 279 g/mol. The minimum Gasteiger partial charge on any atom is -0.384 e. The Hall–Kier alpha value is -1.35. The van der Waals surface area contributed by atoms with Crippen LogP contribution in [0.15, 0.2) is 6.07 Å². The zero-order valence-corrected chi connectivity index (χ0v) is 11.7. The normalized spacial score (nSPS) is 15.7. The third-order valence-electron chi connectivity index (χ3n) is 2.98. The van der Waals surface area contributed by atoms with E-state index < -0.39 is 0 Å². The summed E-state index contributed by atoms with van der Waals surface area (Å²) in [6, 6.07) is 2.05. The van der Waals surface area contributed by atoms with E-state index >= 15 is 0 Å². The lowest BCUT2D eigenvalue weighted by molar-refractivity contribution is 0.0698. The van der Waals surface area contributed by atoms with E-state index in [-0.39, 0.29) is 18.6 Å². The fourth-order valence-electron chi connectivity index (χ4n) is 1.94. The van der Waals surface area contributed by atoms with Gasteiger partial charge in [-0.15, -0.1) is 11.3 Å². The number of hydrogen-bond acceptors (Lipinski definition) is 4. The fourth-order valence-corrected chi connectivity index (χ4v) is 2.89. The molecule has 0 bridgehead atoms. The number of ether oxygens (including phenoxy) is 1. The molecule has 0 radical (unpaired) electrons. The molecular formula is C14H17NO3S. The number of carbonyl (C=O) groups excluding carboxylic acids is 1. The highest BCUT2D eigenvalue weighted by Gasteiger charge is 2.18. The zero-order valence-electron chi connectivity index (χ0n) is 10.9. The van der Waals surface area contributed by atoms with E-state index in [0.717, 1.165) is 23.3 Å². The number of aliphatic hydroxyl groups excluding tert-OH is 1. The Morgan fingerprint density at radius 2 is 2.32 bits per heavy atom.